The molecule has 1 unspecified atom stereocenters. The molecule has 0 aliphatic heterocycles. The predicted molar refractivity (Wildman–Crippen MR) is 91.9 cm³/mol. The maximum Gasteiger partial charge on any atom is 0.192 e. The summed E-state index contributed by atoms with van der Waals surface area (Å²) in [5.41, 5.74) is 1.01. The van der Waals surface area contributed by atoms with Gasteiger partial charge in [-0.25, -0.2) is 0 Å². The fourth-order valence-corrected chi connectivity index (χ4v) is 3.71. The van der Waals surface area contributed by atoms with Gasteiger partial charge < -0.3 is 9.53 Å². The summed E-state index contributed by atoms with van der Waals surface area (Å²) < 4.78 is 7.31. The van der Waals surface area contributed by atoms with E-state index < -0.39 is 8.32 Å². The highest BCUT2D eigenvalue weighted by Crippen LogP contribution is 2.42. The number of aliphatic hydroxyl groups is 1. The van der Waals surface area contributed by atoms with Gasteiger partial charge in [0.05, 0.1) is 11.1 Å². The van der Waals surface area contributed by atoms with Gasteiger partial charge >= 0.3 is 0 Å². The van der Waals surface area contributed by atoms with Gasteiger partial charge in [-0.1, -0.05) is 44.5 Å². The minimum absolute atomic E-state index is 0.0955. The van der Waals surface area contributed by atoms with Crippen LogP contribution in [0, 0.1) is 0 Å². The van der Waals surface area contributed by atoms with Crippen LogP contribution in [0.4, 0.5) is 0 Å². The molecule has 0 fully saturated rings. The van der Waals surface area contributed by atoms with Gasteiger partial charge in [0.15, 0.2) is 8.32 Å². The Morgan fingerprint density at radius 2 is 1.95 bits per heavy atom. The lowest BCUT2D eigenvalue weighted by Gasteiger charge is -2.39. The maximum atomic E-state index is 9.34. The van der Waals surface area contributed by atoms with Crippen molar-refractivity contribution in [3.63, 3.8) is 0 Å². The second kappa shape index (κ2) is 6.92. The molecule has 0 bridgehead atoms. The Kier molecular flexibility index (Phi) is 6.29. The van der Waals surface area contributed by atoms with Crippen LogP contribution >= 0.6 is 27.5 Å². The first kappa shape index (κ1) is 18.2. The SMILES string of the molecule is CC(C)(C)[Si](C)(C)OC(CCO)c1cccc(Cl)c1Br. The highest BCUT2D eigenvalue weighted by molar-refractivity contribution is 9.10. The summed E-state index contributed by atoms with van der Waals surface area (Å²) in [7, 11) is -1.90. The van der Waals surface area contributed by atoms with Crippen LogP contribution in [0.5, 0.6) is 0 Å². The Hall–Kier alpha value is 0.127. The molecule has 0 heterocycles. The molecule has 5 heteroatoms. The number of hydrogen-bond acceptors (Lipinski definition) is 2. The van der Waals surface area contributed by atoms with Crippen LogP contribution in [0.15, 0.2) is 22.7 Å². The molecule has 1 aromatic rings. The van der Waals surface area contributed by atoms with Gasteiger partial charge in [0, 0.05) is 11.1 Å². The molecular weight excluding hydrogens is 356 g/mol. The van der Waals surface area contributed by atoms with Crippen molar-refractivity contribution >= 4 is 35.8 Å². The lowest BCUT2D eigenvalue weighted by Crippen LogP contribution is -2.42. The normalized spacial score (nSPS) is 14.4. The zero-order valence-corrected chi connectivity index (χ0v) is 16.2. The van der Waals surface area contributed by atoms with Crippen molar-refractivity contribution in [3.05, 3.63) is 33.3 Å². The van der Waals surface area contributed by atoms with Crippen molar-refractivity contribution in [1.29, 1.82) is 0 Å². The highest BCUT2D eigenvalue weighted by atomic mass is 79.9. The molecule has 0 aliphatic rings. The summed E-state index contributed by atoms with van der Waals surface area (Å²) in [4.78, 5) is 0. The third-order valence-electron chi connectivity index (χ3n) is 3.96. The van der Waals surface area contributed by atoms with Gasteiger partial charge in [-0.3, -0.25) is 0 Å². The molecule has 114 valence electrons. The molecule has 1 atom stereocenters. The Morgan fingerprint density at radius 3 is 2.45 bits per heavy atom. The number of benzene rings is 1. The second-order valence-corrected chi connectivity index (χ2v) is 12.5. The van der Waals surface area contributed by atoms with E-state index in [9.17, 15) is 5.11 Å². The van der Waals surface area contributed by atoms with Crippen LogP contribution in [0.2, 0.25) is 23.2 Å². The van der Waals surface area contributed by atoms with E-state index in [1.165, 1.54) is 0 Å². The van der Waals surface area contributed by atoms with Crippen LogP contribution in [-0.4, -0.2) is 20.0 Å². The number of aliphatic hydroxyl groups excluding tert-OH is 1. The summed E-state index contributed by atoms with van der Waals surface area (Å²) >= 11 is 9.70. The largest absolute Gasteiger partial charge is 0.410 e. The molecule has 20 heavy (non-hydrogen) atoms. The van der Waals surface area contributed by atoms with Crippen molar-refractivity contribution in [3.8, 4) is 0 Å². The van der Waals surface area contributed by atoms with Crippen LogP contribution < -0.4 is 0 Å². The van der Waals surface area contributed by atoms with Gasteiger partial charge in [0.1, 0.15) is 0 Å². The monoisotopic (exact) mass is 378 g/mol. The molecule has 0 saturated carbocycles. The maximum absolute atomic E-state index is 9.34. The topological polar surface area (TPSA) is 29.5 Å². The van der Waals surface area contributed by atoms with Crippen LogP contribution in [0.25, 0.3) is 0 Å². The van der Waals surface area contributed by atoms with Crippen molar-refractivity contribution in [2.75, 3.05) is 6.61 Å². The van der Waals surface area contributed by atoms with E-state index in [0.717, 1.165) is 10.0 Å². The Bertz CT molecular complexity index is 458. The minimum Gasteiger partial charge on any atom is -0.410 e. The summed E-state index contributed by atoms with van der Waals surface area (Å²) in [6.45, 7) is 11.2. The van der Waals surface area contributed by atoms with Crippen molar-refractivity contribution in [1.82, 2.24) is 0 Å². The van der Waals surface area contributed by atoms with Crippen molar-refractivity contribution < 1.29 is 9.53 Å². The van der Waals surface area contributed by atoms with Crippen LogP contribution in [-0.2, 0) is 4.43 Å². The molecule has 2 nitrogen and oxygen atoms in total. The molecule has 1 N–H and O–H groups in total. The Labute approximate surface area is 136 Å². The van der Waals surface area contributed by atoms with Crippen molar-refractivity contribution in [2.24, 2.45) is 0 Å². The van der Waals surface area contributed by atoms with E-state index in [1.807, 2.05) is 18.2 Å². The lowest BCUT2D eigenvalue weighted by atomic mass is 10.1. The molecule has 0 amide bonds. The number of hydrogen-bond donors (Lipinski definition) is 1. The van der Waals surface area contributed by atoms with Crippen molar-refractivity contribution in [2.45, 2.75) is 51.4 Å². The fourth-order valence-electron chi connectivity index (χ4n) is 1.70. The quantitative estimate of drug-likeness (QED) is 0.680. The average Bonchev–Trinajstić information content (AvgIpc) is 2.30. The zero-order valence-electron chi connectivity index (χ0n) is 12.8. The predicted octanol–water partition coefficient (Wildman–Crippen LogP) is 5.55. The van der Waals surface area contributed by atoms with Gasteiger partial charge in [0.2, 0.25) is 0 Å². The molecule has 0 spiro atoms. The van der Waals surface area contributed by atoms with E-state index in [4.69, 9.17) is 16.0 Å². The van der Waals surface area contributed by atoms with Crippen LogP contribution in [0.3, 0.4) is 0 Å². The standard InChI is InChI=1S/C15H24BrClO2Si/c1-15(2,3)20(4,5)19-13(9-10-18)11-7-6-8-12(17)14(11)16/h6-8,13,18H,9-10H2,1-5H3. The van der Waals surface area contributed by atoms with E-state index in [0.29, 0.717) is 11.4 Å². The van der Waals surface area contributed by atoms with Gasteiger partial charge in [0.25, 0.3) is 0 Å². The third kappa shape index (κ3) is 4.31. The smallest absolute Gasteiger partial charge is 0.192 e. The summed E-state index contributed by atoms with van der Waals surface area (Å²) in [6, 6.07) is 5.77. The lowest BCUT2D eigenvalue weighted by molar-refractivity contribution is 0.140. The molecular formula is C15H24BrClO2Si. The van der Waals surface area contributed by atoms with E-state index in [2.05, 4.69) is 49.8 Å². The van der Waals surface area contributed by atoms with E-state index in [-0.39, 0.29) is 17.7 Å². The first-order valence-corrected chi connectivity index (χ1v) is 10.9. The summed E-state index contributed by atoms with van der Waals surface area (Å²) in [6.07, 6.45) is 0.444. The third-order valence-corrected chi connectivity index (χ3v) is 9.88. The van der Waals surface area contributed by atoms with E-state index >= 15 is 0 Å². The molecule has 0 aliphatic carbocycles. The summed E-state index contributed by atoms with van der Waals surface area (Å²) in [5.74, 6) is 0. The Morgan fingerprint density at radius 1 is 1.35 bits per heavy atom. The Balaban J connectivity index is 3.10. The molecule has 0 radical (unpaired) electrons. The van der Waals surface area contributed by atoms with Gasteiger partial charge in [-0.15, -0.1) is 0 Å². The fraction of sp³-hybridized carbons (Fsp3) is 0.600. The average molecular weight is 380 g/mol. The molecule has 0 aromatic heterocycles. The van der Waals surface area contributed by atoms with Gasteiger partial charge in [-0.2, -0.15) is 0 Å². The zero-order chi connectivity index (χ0) is 15.6. The number of halogens is 2. The molecule has 1 aromatic carbocycles. The van der Waals surface area contributed by atoms with Gasteiger partial charge in [-0.05, 0) is 52.1 Å². The van der Waals surface area contributed by atoms with E-state index in [1.54, 1.807) is 0 Å². The second-order valence-electron chi connectivity index (χ2n) is 6.52. The van der Waals surface area contributed by atoms with Crippen LogP contribution in [0.1, 0.15) is 38.9 Å². The summed E-state index contributed by atoms with van der Waals surface area (Å²) in [5, 5.41) is 10.1. The first-order chi connectivity index (χ1) is 9.10. The molecule has 0 saturated heterocycles. The highest BCUT2D eigenvalue weighted by Gasteiger charge is 2.39. The number of rotatable bonds is 5. The minimum atomic E-state index is -1.90. The first-order valence-electron chi connectivity index (χ1n) is 6.82. The molecule has 1 rings (SSSR count).